The Kier molecular flexibility index (Phi) is 3.96. The smallest absolute Gasteiger partial charge is 0.232 e. The lowest BCUT2D eigenvalue weighted by Gasteiger charge is -2.44. The van der Waals surface area contributed by atoms with Gasteiger partial charge < -0.3 is 9.64 Å². The average Bonchev–Trinajstić information content (AvgIpc) is 2.59. The third kappa shape index (κ3) is 2.62. The van der Waals surface area contributed by atoms with E-state index < -0.39 is 0 Å². The van der Waals surface area contributed by atoms with Crippen LogP contribution < -0.4 is 9.64 Å². The minimum absolute atomic E-state index is 0.0158. The molecule has 2 atom stereocenters. The number of benzene rings is 2. The van der Waals surface area contributed by atoms with E-state index in [-0.39, 0.29) is 17.9 Å². The molecule has 3 heteroatoms. The van der Waals surface area contributed by atoms with Crippen molar-refractivity contribution < 1.29 is 9.53 Å². The zero-order valence-corrected chi connectivity index (χ0v) is 12.8. The summed E-state index contributed by atoms with van der Waals surface area (Å²) in [5.74, 6) is 0.969. The molecule has 0 saturated carbocycles. The number of ether oxygens (including phenoxy) is 1. The first-order valence-corrected chi connectivity index (χ1v) is 7.41. The predicted octanol–water partition coefficient (Wildman–Crippen LogP) is 3.76. The van der Waals surface area contributed by atoms with Gasteiger partial charge in [0.2, 0.25) is 5.91 Å². The summed E-state index contributed by atoms with van der Waals surface area (Å²) in [5, 5.41) is 0. The molecule has 1 fully saturated rings. The number of methoxy groups -OCH3 is 1. The molecule has 0 aromatic heterocycles. The van der Waals surface area contributed by atoms with E-state index in [0.29, 0.717) is 0 Å². The van der Waals surface area contributed by atoms with Gasteiger partial charge >= 0.3 is 0 Å². The Balaban J connectivity index is 1.80. The minimum atomic E-state index is 0.0158. The first kappa shape index (κ1) is 14.4. The van der Waals surface area contributed by atoms with E-state index in [1.54, 1.807) is 7.11 Å². The second-order valence-electron chi connectivity index (χ2n) is 5.46. The Morgan fingerprint density at radius 3 is 2.36 bits per heavy atom. The fourth-order valence-electron chi connectivity index (χ4n) is 2.72. The maximum Gasteiger partial charge on any atom is 0.232 e. The lowest BCUT2D eigenvalue weighted by atomic mass is 9.87. The summed E-state index contributed by atoms with van der Waals surface area (Å²) in [7, 11) is 1.64. The summed E-state index contributed by atoms with van der Waals surface area (Å²) in [5.41, 5.74) is 2.05. The molecular weight excluding hydrogens is 274 g/mol. The van der Waals surface area contributed by atoms with Crippen LogP contribution in [-0.2, 0) is 4.79 Å². The van der Waals surface area contributed by atoms with E-state index in [0.717, 1.165) is 17.0 Å². The van der Waals surface area contributed by atoms with Crippen molar-refractivity contribution in [3.63, 3.8) is 0 Å². The molecule has 0 spiro atoms. The zero-order chi connectivity index (χ0) is 15.5. The third-order valence-corrected chi connectivity index (χ3v) is 4.07. The third-order valence-electron chi connectivity index (χ3n) is 4.07. The van der Waals surface area contributed by atoms with Crippen LogP contribution in [0, 0.1) is 5.92 Å². The van der Waals surface area contributed by atoms with Gasteiger partial charge in [-0.15, -0.1) is 0 Å². The van der Waals surface area contributed by atoms with Crippen LogP contribution in [0.2, 0.25) is 0 Å². The van der Waals surface area contributed by atoms with E-state index in [9.17, 15) is 4.79 Å². The van der Waals surface area contributed by atoms with Gasteiger partial charge in [-0.2, -0.15) is 0 Å². The number of amides is 1. The Morgan fingerprint density at radius 2 is 1.73 bits per heavy atom. The molecule has 1 heterocycles. The van der Waals surface area contributed by atoms with Gasteiger partial charge in [0, 0.05) is 5.69 Å². The molecule has 22 heavy (non-hydrogen) atoms. The maximum absolute atomic E-state index is 12.2. The number of hydrogen-bond acceptors (Lipinski definition) is 2. The SMILES string of the molecule is COc1ccc(N2C(=O)[C@@H](C)[C@@H]2/C=C/c2ccccc2)cc1. The summed E-state index contributed by atoms with van der Waals surface area (Å²) in [6.07, 6.45) is 4.18. The van der Waals surface area contributed by atoms with Crippen molar-refractivity contribution in [1.82, 2.24) is 0 Å². The number of carbonyl (C=O) groups is 1. The molecule has 0 radical (unpaired) electrons. The van der Waals surface area contributed by atoms with E-state index >= 15 is 0 Å². The van der Waals surface area contributed by atoms with Crippen molar-refractivity contribution in [3.8, 4) is 5.75 Å². The van der Waals surface area contributed by atoms with E-state index in [1.165, 1.54) is 0 Å². The number of nitrogens with zero attached hydrogens (tertiary/aromatic N) is 1. The van der Waals surface area contributed by atoms with Crippen molar-refractivity contribution in [2.24, 2.45) is 5.92 Å². The van der Waals surface area contributed by atoms with E-state index in [1.807, 2.05) is 54.3 Å². The Hall–Kier alpha value is -2.55. The summed E-state index contributed by atoms with van der Waals surface area (Å²) in [4.78, 5) is 14.0. The first-order chi connectivity index (χ1) is 10.7. The maximum atomic E-state index is 12.2. The van der Waals surface area contributed by atoms with Crippen LogP contribution in [0.3, 0.4) is 0 Å². The largest absolute Gasteiger partial charge is 0.497 e. The highest BCUT2D eigenvalue weighted by atomic mass is 16.5. The van der Waals surface area contributed by atoms with Gasteiger partial charge in [-0.05, 0) is 29.8 Å². The molecule has 0 unspecified atom stereocenters. The van der Waals surface area contributed by atoms with Gasteiger partial charge in [-0.3, -0.25) is 4.79 Å². The monoisotopic (exact) mass is 293 g/mol. The number of carbonyl (C=O) groups excluding carboxylic acids is 1. The first-order valence-electron chi connectivity index (χ1n) is 7.41. The molecule has 3 nitrogen and oxygen atoms in total. The summed E-state index contributed by atoms with van der Waals surface area (Å²) >= 11 is 0. The molecule has 1 saturated heterocycles. The Bertz CT molecular complexity index is 676. The average molecular weight is 293 g/mol. The lowest BCUT2D eigenvalue weighted by molar-refractivity contribution is -0.128. The van der Waals surface area contributed by atoms with Crippen molar-refractivity contribution >= 4 is 17.7 Å². The summed E-state index contributed by atoms with van der Waals surface area (Å²) in [6, 6.07) is 17.8. The van der Waals surface area contributed by atoms with Gasteiger partial charge in [-0.25, -0.2) is 0 Å². The van der Waals surface area contributed by atoms with Gasteiger partial charge in [0.25, 0.3) is 0 Å². The molecule has 1 aliphatic rings. The topological polar surface area (TPSA) is 29.5 Å². The molecule has 2 aromatic carbocycles. The van der Waals surface area contributed by atoms with Gasteiger partial charge in [0.15, 0.2) is 0 Å². The normalized spacial score (nSPS) is 21.0. The molecule has 0 N–H and O–H groups in total. The quantitative estimate of drug-likeness (QED) is 0.803. The number of anilines is 1. The Morgan fingerprint density at radius 1 is 1.05 bits per heavy atom. The van der Waals surface area contributed by atoms with Crippen LogP contribution in [-0.4, -0.2) is 19.1 Å². The van der Waals surface area contributed by atoms with Crippen LogP contribution in [0.25, 0.3) is 6.08 Å². The molecule has 2 aromatic rings. The zero-order valence-electron chi connectivity index (χ0n) is 12.8. The summed E-state index contributed by atoms with van der Waals surface area (Å²) in [6.45, 7) is 1.97. The molecule has 0 bridgehead atoms. The van der Waals surface area contributed by atoms with Crippen molar-refractivity contribution in [2.75, 3.05) is 12.0 Å². The van der Waals surface area contributed by atoms with E-state index in [4.69, 9.17) is 4.74 Å². The van der Waals surface area contributed by atoms with Crippen molar-refractivity contribution in [1.29, 1.82) is 0 Å². The summed E-state index contributed by atoms with van der Waals surface area (Å²) < 4.78 is 5.16. The Labute approximate surface area is 130 Å². The highest BCUT2D eigenvalue weighted by Gasteiger charge is 2.43. The second kappa shape index (κ2) is 6.06. The van der Waals surface area contributed by atoms with Crippen LogP contribution >= 0.6 is 0 Å². The minimum Gasteiger partial charge on any atom is -0.497 e. The number of rotatable bonds is 4. The predicted molar refractivity (Wildman–Crippen MR) is 88.9 cm³/mol. The van der Waals surface area contributed by atoms with Gasteiger partial charge in [0.05, 0.1) is 19.1 Å². The van der Waals surface area contributed by atoms with Crippen molar-refractivity contribution in [3.05, 3.63) is 66.2 Å². The van der Waals surface area contributed by atoms with E-state index in [2.05, 4.69) is 24.3 Å². The fourth-order valence-corrected chi connectivity index (χ4v) is 2.72. The standard InChI is InChI=1S/C19H19NO2/c1-14-18(13-8-15-6-4-3-5-7-15)20(19(14)21)16-9-11-17(22-2)12-10-16/h3-14,18H,1-2H3/b13-8+/t14-,18-/m0/s1. The lowest BCUT2D eigenvalue weighted by Crippen LogP contribution is -2.59. The van der Waals surface area contributed by atoms with Crippen LogP contribution in [0.4, 0.5) is 5.69 Å². The molecule has 3 rings (SSSR count). The molecular formula is C19H19NO2. The molecule has 0 aliphatic carbocycles. The van der Waals surface area contributed by atoms with Gasteiger partial charge in [-0.1, -0.05) is 49.4 Å². The van der Waals surface area contributed by atoms with Gasteiger partial charge in [0.1, 0.15) is 5.75 Å². The molecule has 1 amide bonds. The second-order valence-corrected chi connectivity index (χ2v) is 5.46. The molecule has 112 valence electrons. The van der Waals surface area contributed by atoms with Crippen molar-refractivity contribution in [2.45, 2.75) is 13.0 Å². The fraction of sp³-hybridized carbons (Fsp3) is 0.211. The highest BCUT2D eigenvalue weighted by molar-refractivity contribution is 6.03. The number of hydrogen-bond donors (Lipinski definition) is 0. The van der Waals surface area contributed by atoms with Crippen LogP contribution in [0.1, 0.15) is 12.5 Å². The molecule has 1 aliphatic heterocycles. The van der Waals surface area contributed by atoms with Crippen LogP contribution in [0.5, 0.6) is 5.75 Å². The number of β-lactam (4-membered cyclic amide) rings is 1. The van der Waals surface area contributed by atoms with Crippen LogP contribution in [0.15, 0.2) is 60.7 Å². The highest BCUT2D eigenvalue weighted by Crippen LogP contribution is 2.34.